The van der Waals surface area contributed by atoms with Crippen LogP contribution in [0.4, 0.5) is 5.69 Å². The van der Waals surface area contributed by atoms with E-state index < -0.39 is 5.54 Å². The molecule has 1 saturated carbocycles. The molecule has 3 N–H and O–H groups in total. The van der Waals surface area contributed by atoms with E-state index in [0.29, 0.717) is 12.3 Å². The van der Waals surface area contributed by atoms with Crippen LogP contribution < -0.4 is 15.8 Å². The summed E-state index contributed by atoms with van der Waals surface area (Å²) in [5.74, 6) is 0.687. The van der Waals surface area contributed by atoms with E-state index in [1.807, 2.05) is 45.0 Å². The number of amides is 1. The van der Waals surface area contributed by atoms with Crippen molar-refractivity contribution in [1.29, 1.82) is 0 Å². The Labute approximate surface area is 137 Å². The van der Waals surface area contributed by atoms with Crippen molar-refractivity contribution in [2.45, 2.75) is 45.3 Å². The summed E-state index contributed by atoms with van der Waals surface area (Å²) in [6.45, 7) is 7.33. The average molecular weight is 318 g/mol. The number of nitrogens with two attached hydrogens (primary N) is 1. The number of benzene rings is 1. The van der Waals surface area contributed by atoms with E-state index in [4.69, 9.17) is 15.2 Å². The maximum absolute atomic E-state index is 12.9. The van der Waals surface area contributed by atoms with Crippen molar-refractivity contribution in [3.8, 4) is 5.75 Å². The van der Waals surface area contributed by atoms with E-state index in [-0.39, 0.29) is 23.3 Å². The fourth-order valence-electron chi connectivity index (χ4n) is 4.10. The fourth-order valence-corrected chi connectivity index (χ4v) is 4.10. The third kappa shape index (κ3) is 2.42. The van der Waals surface area contributed by atoms with Crippen LogP contribution in [0.25, 0.3) is 0 Å². The summed E-state index contributed by atoms with van der Waals surface area (Å²) in [7, 11) is 0. The van der Waals surface area contributed by atoms with E-state index in [1.165, 1.54) is 0 Å². The summed E-state index contributed by atoms with van der Waals surface area (Å²) in [4.78, 5) is 12.9. The van der Waals surface area contributed by atoms with Gasteiger partial charge in [0, 0.05) is 29.7 Å². The van der Waals surface area contributed by atoms with Gasteiger partial charge in [0.05, 0.1) is 12.7 Å². The highest BCUT2D eigenvalue weighted by Crippen LogP contribution is 2.57. The van der Waals surface area contributed by atoms with Gasteiger partial charge in [0.1, 0.15) is 11.3 Å². The number of hydrogen-bond acceptors (Lipinski definition) is 4. The Bertz CT molecular complexity index is 602. The second-order valence-corrected chi connectivity index (χ2v) is 7.05. The minimum absolute atomic E-state index is 0.0711. The van der Waals surface area contributed by atoms with Gasteiger partial charge >= 0.3 is 0 Å². The van der Waals surface area contributed by atoms with Gasteiger partial charge in [0.2, 0.25) is 5.91 Å². The lowest BCUT2D eigenvalue weighted by Crippen LogP contribution is -2.81. The Hall–Kier alpha value is -1.59. The Morgan fingerprint density at radius 3 is 3.00 bits per heavy atom. The van der Waals surface area contributed by atoms with Gasteiger partial charge in [-0.25, -0.2) is 0 Å². The second-order valence-electron chi connectivity index (χ2n) is 7.05. The van der Waals surface area contributed by atoms with Crippen molar-refractivity contribution in [3.63, 3.8) is 0 Å². The van der Waals surface area contributed by atoms with Crippen molar-refractivity contribution in [1.82, 2.24) is 0 Å². The first-order valence-electron chi connectivity index (χ1n) is 8.36. The Morgan fingerprint density at radius 2 is 2.26 bits per heavy atom. The summed E-state index contributed by atoms with van der Waals surface area (Å²) in [6, 6.07) is 7.41. The average Bonchev–Trinajstić information content (AvgIpc) is 2.54. The number of anilines is 1. The van der Waals surface area contributed by atoms with Crippen molar-refractivity contribution in [2.24, 2.45) is 17.1 Å². The van der Waals surface area contributed by atoms with Crippen molar-refractivity contribution >= 4 is 11.6 Å². The third-order valence-corrected chi connectivity index (χ3v) is 5.46. The molecule has 1 aliphatic carbocycles. The van der Waals surface area contributed by atoms with Crippen LogP contribution in [0.2, 0.25) is 0 Å². The minimum atomic E-state index is -0.903. The summed E-state index contributed by atoms with van der Waals surface area (Å²) < 4.78 is 11.3. The maximum Gasteiger partial charge on any atom is 0.245 e. The fraction of sp³-hybridized carbons (Fsp3) is 0.611. The first kappa shape index (κ1) is 16.3. The normalized spacial score (nSPS) is 31.7. The molecular weight excluding hydrogens is 292 g/mol. The molecule has 1 aliphatic heterocycles. The van der Waals surface area contributed by atoms with Crippen molar-refractivity contribution in [3.05, 3.63) is 24.3 Å². The molecule has 0 spiro atoms. The molecule has 1 aromatic carbocycles. The predicted octanol–water partition coefficient (Wildman–Crippen LogP) is 2.56. The van der Waals surface area contributed by atoms with Gasteiger partial charge in [-0.15, -0.1) is 0 Å². The smallest absolute Gasteiger partial charge is 0.245 e. The molecule has 1 heterocycles. The zero-order chi connectivity index (χ0) is 16.7. The highest BCUT2D eigenvalue weighted by molar-refractivity contribution is 6.00. The molecule has 1 amide bonds. The molecular formula is C18H26N2O3. The Morgan fingerprint density at radius 1 is 1.48 bits per heavy atom. The van der Waals surface area contributed by atoms with Crippen molar-refractivity contribution in [2.75, 3.05) is 18.5 Å². The number of rotatable bonds is 4. The molecule has 5 heteroatoms. The highest BCUT2D eigenvalue weighted by Gasteiger charge is 2.70. The summed E-state index contributed by atoms with van der Waals surface area (Å²) >= 11 is 0. The molecule has 126 valence electrons. The molecule has 2 fully saturated rings. The van der Waals surface area contributed by atoms with Gasteiger partial charge in [0.25, 0.3) is 0 Å². The van der Waals surface area contributed by atoms with Crippen LogP contribution in [0, 0.1) is 11.3 Å². The molecule has 3 unspecified atom stereocenters. The lowest BCUT2D eigenvalue weighted by molar-refractivity contribution is -0.222. The van der Waals surface area contributed by atoms with Gasteiger partial charge in [-0.3, -0.25) is 4.79 Å². The monoisotopic (exact) mass is 318 g/mol. The molecule has 5 nitrogen and oxygen atoms in total. The highest BCUT2D eigenvalue weighted by atomic mass is 16.5. The number of nitrogens with one attached hydrogen (secondary N) is 1. The van der Waals surface area contributed by atoms with Gasteiger partial charge in [-0.1, -0.05) is 19.9 Å². The SMILES string of the molecule is CCOc1cccc(NC(=O)C2(N)C3CCCOC3C2(C)C)c1. The van der Waals surface area contributed by atoms with Crippen LogP contribution in [0.3, 0.4) is 0 Å². The molecule has 23 heavy (non-hydrogen) atoms. The largest absolute Gasteiger partial charge is 0.494 e. The quantitative estimate of drug-likeness (QED) is 0.895. The van der Waals surface area contributed by atoms with Crippen LogP contribution in [0.15, 0.2) is 24.3 Å². The van der Waals surface area contributed by atoms with Gasteiger partial charge < -0.3 is 20.5 Å². The number of carbonyl (C=O) groups is 1. The molecule has 2 aliphatic rings. The standard InChI is InChI=1S/C18H26N2O3/c1-4-22-13-8-5-7-12(11-13)20-16(21)18(19)14-9-6-10-23-15(14)17(18,2)3/h5,7-8,11,14-15H,4,6,9-10,19H2,1-3H3,(H,20,21). The molecule has 1 saturated heterocycles. The lowest BCUT2D eigenvalue weighted by atomic mass is 9.46. The first-order valence-corrected chi connectivity index (χ1v) is 8.36. The summed E-state index contributed by atoms with van der Waals surface area (Å²) in [5, 5.41) is 2.97. The predicted molar refractivity (Wildman–Crippen MR) is 89.4 cm³/mol. The van der Waals surface area contributed by atoms with Crippen LogP contribution in [0.5, 0.6) is 5.75 Å². The van der Waals surface area contributed by atoms with Crippen LogP contribution >= 0.6 is 0 Å². The molecule has 3 atom stereocenters. The first-order chi connectivity index (χ1) is 10.9. The molecule has 0 radical (unpaired) electrons. The van der Waals surface area contributed by atoms with Crippen LogP contribution in [0.1, 0.15) is 33.6 Å². The van der Waals surface area contributed by atoms with Crippen molar-refractivity contribution < 1.29 is 14.3 Å². The zero-order valence-electron chi connectivity index (χ0n) is 14.1. The molecule has 0 bridgehead atoms. The minimum Gasteiger partial charge on any atom is -0.494 e. The summed E-state index contributed by atoms with van der Waals surface area (Å²) in [5.41, 5.74) is 6.03. The summed E-state index contributed by atoms with van der Waals surface area (Å²) in [6.07, 6.45) is 1.97. The molecule has 0 aromatic heterocycles. The Balaban J connectivity index is 1.78. The number of ether oxygens (including phenoxy) is 2. The van der Waals surface area contributed by atoms with E-state index in [1.54, 1.807) is 0 Å². The van der Waals surface area contributed by atoms with Gasteiger partial charge in [-0.2, -0.15) is 0 Å². The van der Waals surface area contributed by atoms with Crippen LogP contribution in [-0.2, 0) is 9.53 Å². The zero-order valence-corrected chi connectivity index (χ0v) is 14.1. The number of hydrogen-bond donors (Lipinski definition) is 2. The van der Waals surface area contributed by atoms with E-state index >= 15 is 0 Å². The molecule has 1 aromatic rings. The van der Waals surface area contributed by atoms with Gasteiger partial charge in [-0.05, 0) is 31.9 Å². The Kier molecular flexibility index (Phi) is 4.10. The lowest BCUT2D eigenvalue weighted by Gasteiger charge is -2.65. The van der Waals surface area contributed by atoms with E-state index in [9.17, 15) is 4.79 Å². The number of fused-ring (bicyclic) bond motifs is 1. The van der Waals surface area contributed by atoms with E-state index in [2.05, 4.69) is 5.32 Å². The van der Waals surface area contributed by atoms with E-state index in [0.717, 1.165) is 25.2 Å². The molecule has 3 rings (SSSR count). The number of carbonyl (C=O) groups excluding carboxylic acids is 1. The van der Waals surface area contributed by atoms with Crippen LogP contribution in [-0.4, -0.2) is 30.8 Å². The maximum atomic E-state index is 12.9. The second kappa shape index (κ2) is 5.80. The van der Waals surface area contributed by atoms with Gasteiger partial charge in [0.15, 0.2) is 0 Å². The third-order valence-electron chi connectivity index (χ3n) is 5.46. The topological polar surface area (TPSA) is 73.6 Å².